The number of hydrogen-bond donors (Lipinski definition) is 1. The van der Waals surface area contributed by atoms with Crippen molar-refractivity contribution in [2.75, 3.05) is 0 Å². The predicted molar refractivity (Wildman–Crippen MR) is 62.9 cm³/mol. The second kappa shape index (κ2) is 4.53. The van der Waals surface area contributed by atoms with Gasteiger partial charge in [0.2, 0.25) is 5.91 Å². The number of allylic oxidation sites excluding steroid dienone is 3. The summed E-state index contributed by atoms with van der Waals surface area (Å²) in [6.45, 7) is 0. The van der Waals surface area contributed by atoms with E-state index in [-0.39, 0.29) is 5.56 Å². The summed E-state index contributed by atoms with van der Waals surface area (Å²) in [5, 5.41) is 0. The van der Waals surface area contributed by atoms with Crippen molar-refractivity contribution in [3.63, 3.8) is 0 Å². The van der Waals surface area contributed by atoms with Gasteiger partial charge in [-0.3, -0.25) is 9.78 Å². The van der Waals surface area contributed by atoms with Crippen LogP contribution in [0.25, 0.3) is 0 Å². The summed E-state index contributed by atoms with van der Waals surface area (Å²) in [4.78, 5) is 15.1. The van der Waals surface area contributed by atoms with Gasteiger partial charge in [0.1, 0.15) is 5.41 Å². The normalized spacial score (nSPS) is 26.4. The fourth-order valence-electron chi connectivity index (χ4n) is 2.30. The fraction of sp³-hybridized carbons (Fsp3) is 0.231. The van der Waals surface area contributed by atoms with Crippen molar-refractivity contribution in [1.29, 1.82) is 0 Å². The first kappa shape index (κ1) is 13.3. The molecule has 0 fully saturated rings. The zero-order chi connectivity index (χ0) is 14.1. The van der Waals surface area contributed by atoms with Crippen molar-refractivity contribution in [3.05, 3.63) is 54.4 Å². The van der Waals surface area contributed by atoms with Crippen LogP contribution >= 0.6 is 0 Å². The van der Waals surface area contributed by atoms with Gasteiger partial charge in [-0.05, 0) is 17.7 Å². The van der Waals surface area contributed by atoms with E-state index in [0.29, 0.717) is 0 Å². The smallest absolute Gasteiger partial charge is 0.369 e. The number of rotatable bonds is 2. The Morgan fingerprint density at radius 2 is 1.89 bits per heavy atom. The van der Waals surface area contributed by atoms with Crippen LogP contribution in [0, 0.1) is 5.92 Å². The quantitative estimate of drug-likeness (QED) is 0.893. The Morgan fingerprint density at radius 1 is 1.26 bits per heavy atom. The number of primary amides is 1. The third kappa shape index (κ3) is 2.03. The molecule has 6 heteroatoms. The molecule has 0 spiro atoms. The van der Waals surface area contributed by atoms with Crippen molar-refractivity contribution in [1.82, 2.24) is 4.98 Å². The first-order valence-corrected chi connectivity index (χ1v) is 5.52. The van der Waals surface area contributed by atoms with E-state index in [0.717, 1.165) is 6.08 Å². The molecular weight excluding hydrogens is 257 g/mol. The lowest BCUT2D eigenvalue weighted by Crippen LogP contribution is -2.51. The molecule has 1 aliphatic carbocycles. The third-order valence-corrected chi connectivity index (χ3v) is 3.20. The van der Waals surface area contributed by atoms with Crippen molar-refractivity contribution >= 4 is 5.91 Å². The molecular formula is C13H11F3N2O. The number of alkyl halides is 3. The number of amides is 1. The highest BCUT2D eigenvalue weighted by Gasteiger charge is 2.60. The first-order chi connectivity index (χ1) is 8.89. The largest absolute Gasteiger partial charge is 0.402 e. The highest BCUT2D eigenvalue weighted by atomic mass is 19.4. The summed E-state index contributed by atoms with van der Waals surface area (Å²) in [7, 11) is 0. The number of hydrogen-bond acceptors (Lipinski definition) is 2. The lowest BCUT2D eigenvalue weighted by atomic mass is 9.67. The SMILES string of the molecule is NC(=O)C1C=CC=CC1(c1ccncc1)C(F)(F)F. The van der Waals surface area contributed by atoms with Gasteiger partial charge in [0.15, 0.2) is 0 Å². The van der Waals surface area contributed by atoms with Crippen LogP contribution in [-0.4, -0.2) is 17.1 Å². The van der Waals surface area contributed by atoms with E-state index in [1.807, 2.05) is 0 Å². The molecule has 0 aromatic carbocycles. The number of halogens is 3. The van der Waals surface area contributed by atoms with Gasteiger partial charge in [0.05, 0.1) is 5.92 Å². The molecule has 3 nitrogen and oxygen atoms in total. The number of carbonyl (C=O) groups is 1. The van der Waals surface area contributed by atoms with Crippen LogP contribution in [0.15, 0.2) is 48.8 Å². The molecule has 1 aromatic heterocycles. The Hall–Kier alpha value is -2.11. The summed E-state index contributed by atoms with van der Waals surface area (Å²) >= 11 is 0. The topological polar surface area (TPSA) is 56.0 Å². The van der Waals surface area contributed by atoms with Crippen molar-refractivity contribution in [2.24, 2.45) is 11.7 Å². The van der Waals surface area contributed by atoms with Crippen LogP contribution in [0.2, 0.25) is 0 Å². The maximum absolute atomic E-state index is 13.6. The van der Waals surface area contributed by atoms with Gasteiger partial charge in [-0.1, -0.05) is 24.3 Å². The third-order valence-electron chi connectivity index (χ3n) is 3.20. The van der Waals surface area contributed by atoms with Crippen LogP contribution in [0.3, 0.4) is 0 Å². The number of pyridine rings is 1. The van der Waals surface area contributed by atoms with Gasteiger partial charge in [0.25, 0.3) is 0 Å². The number of nitrogens with zero attached hydrogens (tertiary/aromatic N) is 1. The van der Waals surface area contributed by atoms with Crippen LogP contribution in [0.1, 0.15) is 5.56 Å². The van der Waals surface area contributed by atoms with Crippen LogP contribution in [-0.2, 0) is 10.2 Å². The summed E-state index contributed by atoms with van der Waals surface area (Å²) in [5.41, 5.74) is 2.65. The summed E-state index contributed by atoms with van der Waals surface area (Å²) in [6.07, 6.45) is 2.68. The molecule has 0 saturated heterocycles. The number of nitrogens with two attached hydrogens (primary N) is 1. The maximum Gasteiger partial charge on any atom is 0.402 e. The predicted octanol–water partition coefficient (Wildman–Crippen LogP) is 2.11. The minimum atomic E-state index is -4.64. The summed E-state index contributed by atoms with van der Waals surface area (Å²) < 4.78 is 40.7. The molecule has 0 saturated carbocycles. The van der Waals surface area contributed by atoms with E-state index in [9.17, 15) is 18.0 Å². The molecule has 1 heterocycles. The molecule has 2 unspecified atom stereocenters. The molecule has 2 N–H and O–H groups in total. The van der Waals surface area contributed by atoms with Gasteiger partial charge in [-0.25, -0.2) is 0 Å². The second-order valence-electron chi connectivity index (χ2n) is 4.23. The number of carbonyl (C=O) groups excluding carboxylic acids is 1. The Morgan fingerprint density at radius 3 is 2.42 bits per heavy atom. The molecule has 2 atom stereocenters. The zero-order valence-corrected chi connectivity index (χ0v) is 9.76. The molecule has 1 amide bonds. The van der Waals surface area contributed by atoms with Gasteiger partial charge in [-0.15, -0.1) is 0 Å². The van der Waals surface area contributed by atoms with Crippen LogP contribution < -0.4 is 5.73 Å². The molecule has 1 aromatic rings. The minimum Gasteiger partial charge on any atom is -0.369 e. The van der Waals surface area contributed by atoms with Crippen molar-refractivity contribution in [3.8, 4) is 0 Å². The van der Waals surface area contributed by atoms with Gasteiger partial charge in [0, 0.05) is 12.4 Å². The molecule has 2 rings (SSSR count). The molecule has 100 valence electrons. The van der Waals surface area contributed by atoms with Gasteiger partial charge in [-0.2, -0.15) is 13.2 Å². The highest BCUT2D eigenvalue weighted by molar-refractivity contribution is 5.82. The molecule has 0 aliphatic heterocycles. The van der Waals surface area contributed by atoms with E-state index in [1.165, 1.54) is 42.8 Å². The Kier molecular flexibility index (Phi) is 3.18. The standard InChI is InChI=1S/C13H11F3N2O/c14-13(15,16)12(9-4-7-18-8-5-9)6-2-1-3-10(12)11(17)19/h1-8,10H,(H2,17,19). The first-order valence-electron chi connectivity index (χ1n) is 5.52. The molecule has 1 aliphatic rings. The van der Waals surface area contributed by atoms with Gasteiger partial charge < -0.3 is 5.73 Å². The van der Waals surface area contributed by atoms with Crippen molar-refractivity contribution in [2.45, 2.75) is 11.6 Å². The van der Waals surface area contributed by atoms with E-state index in [1.54, 1.807) is 0 Å². The van der Waals surface area contributed by atoms with Gasteiger partial charge >= 0.3 is 6.18 Å². The van der Waals surface area contributed by atoms with E-state index in [4.69, 9.17) is 5.73 Å². The van der Waals surface area contributed by atoms with E-state index in [2.05, 4.69) is 4.98 Å². The fourth-order valence-corrected chi connectivity index (χ4v) is 2.30. The van der Waals surface area contributed by atoms with Crippen molar-refractivity contribution < 1.29 is 18.0 Å². The monoisotopic (exact) mass is 268 g/mol. The maximum atomic E-state index is 13.6. The zero-order valence-electron chi connectivity index (χ0n) is 9.76. The number of aromatic nitrogens is 1. The molecule has 0 radical (unpaired) electrons. The molecule has 19 heavy (non-hydrogen) atoms. The highest BCUT2D eigenvalue weighted by Crippen LogP contribution is 2.49. The van der Waals surface area contributed by atoms with Crippen LogP contribution in [0.4, 0.5) is 13.2 Å². The average Bonchev–Trinajstić information content (AvgIpc) is 2.38. The summed E-state index contributed by atoms with van der Waals surface area (Å²) in [6, 6.07) is 2.49. The Labute approximate surface area is 107 Å². The summed E-state index contributed by atoms with van der Waals surface area (Å²) in [5.74, 6) is -2.49. The van der Waals surface area contributed by atoms with E-state index >= 15 is 0 Å². The minimum absolute atomic E-state index is 0.0561. The lowest BCUT2D eigenvalue weighted by molar-refractivity contribution is -0.188. The second-order valence-corrected chi connectivity index (χ2v) is 4.23. The lowest BCUT2D eigenvalue weighted by Gasteiger charge is -2.38. The average molecular weight is 268 g/mol. The van der Waals surface area contributed by atoms with E-state index < -0.39 is 23.4 Å². The Bertz CT molecular complexity index is 537. The molecule has 0 bridgehead atoms. The Balaban J connectivity index is 2.68. The van der Waals surface area contributed by atoms with Crippen LogP contribution in [0.5, 0.6) is 0 Å².